The fourth-order valence-corrected chi connectivity index (χ4v) is 3.95. The van der Waals surface area contributed by atoms with Crippen molar-refractivity contribution in [2.75, 3.05) is 0 Å². The Kier molecular flexibility index (Phi) is 5.22. The van der Waals surface area contributed by atoms with Crippen LogP contribution in [0.2, 0.25) is 0 Å². The van der Waals surface area contributed by atoms with E-state index in [1.165, 1.54) is 0 Å². The molecule has 1 saturated carbocycles. The molecule has 27 heavy (non-hydrogen) atoms. The van der Waals surface area contributed by atoms with Gasteiger partial charge < -0.3 is 23.7 Å². The van der Waals surface area contributed by atoms with E-state index in [-0.39, 0.29) is 0 Å². The normalized spacial score (nSPS) is 31.4. The maximum atomic E-state index is 11.5. The Morgan fingerprint density at radius 3 is 1.56 bits per heavy atom. The van der Waals surface area contributed by atoms with E-state index in [4.69, 9.17) is 18.6 Å². The lowest BCUT2D eigenvalue weighted by molar-refractivity contribution is 0.00578. The third kappa shape index (κ3) is 3.78. The molecule has 0 unspecified atom stereocenters. The molecular weight excluding hydrogens is 342 g/mol. The van der Waals surface area contributed by atoms with Crippen molar-refractivity contribution in [2.24, 2.45) is 0 Å². The van der Waals surface area contributed by atoms with Crippen molar-refractivity contribution in [3.8, 4) is 0 Å². The number of hydrogen-bond acceptors (Lipinski definition) is 5. The summed E-state index contributed by atoms with van der Waals surface area (Å²) >= 11 is 0. The highest BCUT2D eigenvalue weighted by atomic mass is 16.7. The molecule has 0 atom stereocenters. The maximum Gasteiger partial charge on any atom is 0.492 e. The second-order valence-electron chi connectivity index (χ2n) is 10.4. The zero-order chi connectivity index (χ0) is 20.3. The highest BCUT2D eigenvalue weighted by molar-refractivity contribution is 6.61. The van der Waals surface area contributed by atoms with Crippen LogP contribution in [-0.2, 0) is 18.6 Å². The summed E-state index contributed by atoms with van der Waals surface area (Å²) in [4.78, 5) is 0. The van der Waals surface area contributed by atoms with Gasteiger partial charge in [-0.1, -0.05) is 25.2 Å². The lowest BCUT2D eigenvalue weighted by Crippen LogP contribution is -2.43. The van der Waals surface area contributed by atoms with Gasteiger partial charge in [-0.3, -0.25) is 0 Å². The summed E-state index contributed by atoms with van der Waals surface area (Å²) in [6, 6.07) is 0. The molecular formula is C20H36B2O5. The zero-order valence-corrected chi connectivity index (χ0v) is 18.3. The quantitative estimate of drug-likeness (QED) is 0.756. The van der Waals surface area contributed by atoms with E-state index >= 15 is 0 Å². The predicted octanol–water partition coefficient (Wildman–Crippen LogP) is 3.87. The van der Waals surface area contributed by atoms with Gasteiger partial charge in [-0.2, -0.15) is 0 Å². The molecule has 0 aromatic carbocycles. The van der Waals surface area contributed by atoms with E-state index in [0.717, 1.165) is 24.7 Å². The molecule has 3 fully saturated rings. The van der Waals surface area contributed by atoms with Crippen molar-refractivity contribution >= 4 is 14.2 Å². The van der Waals surface area contributed by atoms with Crippen molar-refractivity contribution in [3.63, 3.8) is 0 Å². The molecule has 0 bridgehead atoms. The number of hydrogen-bond donors (Lipinski definition) is 1. The van der Waals surface area contributed by atoms with Crippen molar-refractivity contribution in [1.29, 1.82) is 0 Å². The first-order valence-electron chi connectivity index (χ1n) is 10.4. The maximum absolute atomic E-state index is 11.5. The first-order chi connectivity index (χ1) is 12.2. The summed E-state index contributed by atoms with van der Waals surface area (Å²) in [5, 5.41) is 11.5. The monoisotopic (exact) mass is 378 g/mol. The Morgan fingerprint density at radius 2 is 1.11 bits per heavy atom. The van der Waals surface area contributed by atoms with Crippen LogP contribution in [0, 0.1) is 0 Å². The molecule has 1 aliphatic carbocycles. The van der Waals surface area contributed by atoms with Crippen LogP contribution in [0.5, 0.6) is 0 Å². The van der Waals surface area contributed by atoms with Crippen molar-refractivity contribution < 1.29 is 23.7 Å². The molecule has 0 amide bonds. The van der Waals surface area contributed by atoms with Gasteiger partial charge in [0, 0.05) is 0 Å². The molecule has 1 N–H and O–H groups in total. The smallest absolute Gasteiger partial charge is 0.400 e. The van der Waals surface area contributed by atoms with Crippen molar-refractivity contribution in [1.82, 2.24) is 0 Å². The summed E-state index contributed by atoms with van der Waals surface area (Å²) in [6.07, 6.45) is 4.56. The molecule has 152 valence electrons. The van der Waals surface area contributed by atoms with Crippen LogP contribution in [0.4, 0.5) is 0 Å². The molecule has 5 nitrogen and oxygen atoms in total. The van der Waals surface area contributed by atoms with Gasteiger partial charge in [-0.15, -0.1) is 0 Å². The highest BCUT2D eigenvalue weighted by Gasteiger charge is 2.57. The summed E-state index contributed by atoms with van der Waals surface area (Å²) < 4.78 is 24.9. The molecule has 0 aromatic heterocycles. The lowest BCUT2D eigenvalue weighted by Gasteiger charge is -2.36. The third-order valence-electron chi connectivity index (χ3n) is 7.31. The van der Waals surface area contributed by atoms with Gasteiger partial charge in [0.25, 0.3) is 0 Å². The molecule has 2 heterocycles. The third-order valence-corrected chi connectivity index (χ3v) is 7.31. The van der Waals surface area contributed by atoms with Gasteiger partial charge in [-0.25, -0.2) is 0 Å². The summed E-state index contributed by atoms with van der Waals surface area (Å²) in [7, 11) is -1.13. The van der Waals surface area contributed by atoms with Gasteiger partial charge >= 0.3 is 14.2 Å². The minimum Gasteiger partial charge on any atom is -0.400 e. The molecule has 7 heteroatoms. The highest BCUT2D eigenvalue weighted by Crippen LogP contribution is 2.45. The Bertz CT molecular complexity index is 573. The molecule has 0 aromatic rings. The number of rotatable bonds is 3. The van der Waals surface area contributed by atoms with Crippen LogP contribution in [-0.4, -0.2) is 47.3 Å². The predicted molar refractivity (Wildman–Crippen MR) is 108 cm³/mol. The van der Waals surface area contributed by atoms with Crippen molar-refractivity contribution in [3.05, 3.63) is 11.4 Å². The van der Waals surface area contributed by atoms with Gasteiger partial charge in [-0.05, 0) is 73.7 Å². The Hall–Kier alpha value is -0.330. The van der Waals surface area contributed by atoms with E-state index in [1.807, 2.05) is 61.4 Å². The van der Waals surface area contributed by atoms with E-state index in [2.05, 4.69) is 0 Å². The zero-order valence-electron chi connectivity index (χ0n) is 18.3. The minimum atomic E-state index is -0.941. The van der Waals surface area contributed by atoms with Gasteiger partial charge in [0.2, 0.25) is 0 Å². The van der Waals surface area contributed by atoms with Gasteiger partial charge in [0.05, 0.1) is 28.0 Å². The van der Waals surface area contributed by atoms with E-state index in [0.29, 0.717) is 12.8 Å². The van der Waals surface area contributed by atoms with Gasteiger partial charge in [0.1, 0.15) is 0 Å². The standard InChI is InChI=1S/C20H36B2O5/c1-16(2)17(3,4)25-21(24-16)14-15(20(23)12-10-9-11-13-20)22-26-18(5,6)19(7,8)27-22/h14,23H,9-13H2,1-8H3. The van der Waals surface area contributed by atoms with Crippen molar-refractivity contribution in [2.45, 2.75) is 115 Å². The van der Waals surface area contributed by atoms with Crippen LogP contribution >= 0.6 is 0 Å². The summed E-state index contributed by atoms with van der Waals surface area (Å²) in [6.45, 7) is 16.3. The van der Waals surface area contributed by atoms with Crippen LogP contribution < -0.4 is 0 Å². The van der Waals surface area contributed by atoms with Crippen LogP contribution in [0.25, 0.3) is 0 Å². The molecule has 0 spiro atoms. The second kappa shape index (κ2) is 6.60. The SMILES string of the molecule is CC1(C)OB(C=C(B2OC(C)(C)C(C)(C)O2)C2(O)CCCCC2)OC1(C)C. The minimum absolute atomic E-state index is 0.426. The average molecular weight is 378 g/mol. The molecule has 2 saturated heterocycles. The van der Waals surface area contributed by atoms with Crippen LogP contribution in [0.1, 0.15) is 87.5 Å². The summed E-state index contributed by atoms with van der Waals surface area (Å²) in [5.74, 6) is 1.91. The fourth-order valence-electron chi connectivity index (χ4n) is 3.95. The molecule has 0 radical (unpaired) electrons. The van der Waals surface area contributed by atoms with E-state index < -0.39 is 42.2 Å². The number of aliphatic hydroxyl groups is 1. The lowest BCUT2D eigenvalue weighted by atomic mass is 9.60. The topological polar surface area (TPSA) is 57.2 Å². The molecule has 3 aliphatic rings. The fraction of sp³-hybridized carbons (Fsp3) is 0.900. The average Bonchev–Trinajstić information content (AvgIpc) is 2.84. The second-order valence-corrected chi connectivity index (χ2v) is 10.4. The largest absolute Gasteiger partial charge is 0.492 e. The molecule has 3 rings (SSSR count). The van der Waals surface area contributed by atoms with Crippen LogP contribution in [0.3, 0.4) is 0 Å². The van der Waals surface area contributed by atoms with Gasteiger partial charge in [0.15, 0.2) is 0 Å². The first-order valence-corrected chi connectivity index (χ1v) is 10.4. The van der Waals surface area contributed by atoms with Crippen LogP contribution in [0.15, 0.2) is 11.4 Å². The first kappa shape index (κ1) is 21.4. The molecule has 2 aliphatic heterocycles. The summed E-state index contributed by atoms with van der Waals surface area (Å²) in [5.41, 5.74) is -1.97. The van der Waals surface area contributed by atoms with E-state index in [9.17, 15) is 5.11 Å². The Labute approximate surface area is 165 Å². The van der Waals surface area contributed by atoms with E-state index in [1.54, 1.807) is 0 Å². The Balaban J connectivity index is 1.95. The Morgan fingerprint density at radius 1 is 0.704 bits per heavy atom.